The minimum Gasteiger partial charge on any atom is -0.354 e. The average molecular weight is 299 g/mol. The number of halogens is 1. The molecule has 0 heterocycles. The van der Waals surface area contributed by atoms with Crippen molar-refractivity contribution in [3.05, 3.63) is 0 Å². The number of hydrogen-bond acceptors (Lipinski definition) is 3. The van der Waals surface area contributed by atoms with Gasteiger partial charge in [0, 0.05) is 27.8 Å². The molecule has 2 atom stereocenters. The molecule has 0 aromatic carbocycles. The lowest BCUT2D eigenvalue weighted by Crippen LogP contribution is -2.52. The Hall–Kier alpha value is -0.130. The number of nitrogens with one attached hydrogen (secondary N) is 1. The molecule has 110 valence electrons. The van der Waals surface area contributed by atoms with E-state index in [0.29, 0.717) is 18.7 Å². The molecule has 0 bridgehead atoms. The molecule has 0 spiro atoms. The van der Waals surface area contributed by atoms with Crippen LogP contribution in [0.3, 0.4) is 0 Å². The monoisotopic (exact) mass is 298 g/mol. The summed E-state index contributed by atoms with van der Waals surface area (Å²) in [5, 5.41) is 2.75. The van der Waals surface area contributed by atoms with Crippen molar-refractivity contribution in [2.75, 3.05) is 12.3 Å². The first-order chi connectivity index (χ1) is 7.61. The molecule has 0 radical (unpaired) electrons. The van der Waals surface area contributed by atoms with E-state index in [9.17, 15) is 9.00 Å². The number of carbonyl (C=O) groups is 1. The van der Waals surface area contributed by atoms with Crippen molar-refractivity contribution < 1.29 is 9.00 Å². The summed E-state index contributed by atoms with van der Waals surface area (Å²) in [6, 6.07) is 0. The zero-order chi connectivity index (χ0) is 13.7. The van der Waals surface area contributed by atoms with Crippen molar-refractivity contribution in [2.24, 2.45) is 5.73 Å². The summed E-state index contributed by atoms with van der Waals surface area (Å²) >= 11 is 0. The van der Waals surface area contributed by atoms with Crippen molar-refractivity contribution in [3.8, 4) is 0 Å². The van der Waals surface area contributed by atoms with E-state index >= 15 is 0 Å². The van der Waals surface area contributed by atoms with Crippen LogP contribution in [-0.2, 0) is 15.6 Å². The van der Waals surface area contributed by atoms with Crippen LogP contribution in [0.25, 0.3) is 0 Å². The Bertz CT molecular complexity index is 288. The van der Waals surface area contributed by atoms with Gasteiger partial charge in [-0.05, 0) is 34.1 Å². The Labute approximate surface area is 119 Å². The van der Waals surface area contributed by atoms with Gasteiger partial charge in [-0.25, -0.2) is 0 Å². The standard InChI is InChI=1S/C12H26N2O2S.ClH/c1-6-7-12(5,13)10(15)14-8-9-17(16)11(2,3)4;/h6-9,13H2,1-5H3,(H,14,15);1H. The van der Waals surface area contributed by atoms with Crippen molar-refractivity contribution in [3.63, 3.8) is 0 Å². The Kier molecular flexibility index (Phi) is 9.11. The molecule has 1 amide bonds. The zero-order valence-electron chi connectivity index (χ0n) is 12.0. The van der Waals surface area contributed by atoms with E-state index in [0.717, 1.165) is 6.42 Å². The van der Waals surface area contributed by atoms with Gasteiger partial charge < -0.3 is 11.1 Å². The van der Waals surface area contributed by atoms with Crippen LogP contribution in [0, 0.1) is 0 Å². The molecule has 4 nitrogen and oxygen atoms in total. The highest BCUT2D eigenvalue weighted by Crippen LogP contribution is 2.11. The second-order valence-corrected chi connectivity index (χ2v) is 7.91. The summed E-state index contributed by atoms with van der Waals surface area (Å²) in [6.07, 6.45) is 1.52. The summed E-state index contributed by atoms with van der Waals surface area (Å²) in [5.74, 6) is 0.308. The van der Waals surface area contributed by atoms with Crippen LogP contribution < -0.4 is 11.1 Å². The molecule has 0 saturated carbocycles. The Morgan fingerprint density at radius 1 is 1.28 bits per heavy atom. The largest absolute Gasteiger partial charge is 0.354 e. The lowest BCUT2D eigenvalue weighted by molar-refractivity contribution is -0.125. The molecule has 0 rings (SSSR count). The highest BCUT2D eigenvalue weighted by molar-refractivity contribution is 7.86. The van der Waals surface area contributed by atoms with E-state index in [1.165, 1.54) is 0 Å². The van der Waals surface area contributed by atoms with Crippen molar-refractivity contribution >= 4 is 29.1 Å². The summed E-state index contributed by atoms with van der Waals surface area (Å²) in [5.41, 5.74) is 5.06. The average Bonchev–Trinajstić information content (AvgIpc) is 2.15. The van der Waals surface area contributed by atoms with Crippen LogP contribution in [0.15, 0.2) is 0 Å². The molecule has 2 unspecified atom stereocenters. The normalized spacial score (nSPS) is 16.3. The van der Waals surface area contributed by atoms with Gasteiger partial charge in [-0.1, -0.05) is 13.3 Å². The quantitative estimate of drug-likeness (QED) is 0.782. The first-order valence-electron chi connectivity index (χ1n) is 6.07. The predicted molar refractivity (Wildman–Crippen MR) is 80.5 cm³/mol. The first-order valence-corrected chi connectivity index (χ1v) is 7.39. The molecule has 0 aliphatic rings. The van der Waals surface area contributed by atoms with Gasteiger partial charge in [0.25, 0.3) is 0 Å². The van der Waals surface area contributed by atoms with E-state index in [1.807, 2.05) is 27.7 Å². The first kappa shape index (κ1) is 20.2. The molecular formula is C12H27ClN2O2S. The van der Waals surface area contributed by atoms with Crippen LogP contribution in [0.2, 0.25) is 0 Å². The maximum Gasteiger partial charge on any atom is 0.239 e. The van der Waals surface area contributed by atoms with Crippen LogP contribution in [-0.4, -0.2) is 32.7 Å². The van der Waals surface area contributed by atoms with Gasteiger partial charge in [-0.2, -0.15) is 0 Å². The van der Waals surface area contributed by atoms with Crippen LogP contribution in [0.4, 0.5) is 0 Å². The second kappa shape index (κ2) is 8.12. The maximum absolute atomic E-state index is 11.8. The van der Waals surface area contributed by atoms with E-state index < -0.39 is 16.3 Å². The fourth-order valence-electron chi connectivity index (χ4n) is 1.40. The number of amides is 1. The summed E-state index contributed by atoms with van der Waals surface area (Å²) in [7, 11) is -0.940. The molecule has 0 aromatic heterocycles. The smallest absolute Gasteiger partial charge is 0.239 e. The number of rotatable bonds is 6. The third-order valence-corrected chi connectivity index (χ3v) is 4.49. The summed E-state index contributed by atoms with van der Waals surface area (Å²) < 4.78 is 11.5. The van der Waals surface area contributed by atoms with Crippen LogP contribution >= 0.6 is 12.4 Å². The molecule has 0 aromatic rings. The lowest BCUT2D eigenvalue weighted by Gasteiger charge is -2.23. The van der Waals surface area contributed by atoms with Gasteiger partial charge in [-0.15, -0.1) is 12.4 Å². The maximum atomic E-state index is 11.8. The summed E-state index contributed by atoms with van der Waals surface area (Å²) in [4.78, 5) is 11.8. The molecule has 0 aliphatic carbocycles. The molecular weight excluding hydrogens is 272 g/mol. The fraction of sp³-hybridized carbons (Fsp3) is 0.917. The molecule has 6 heteroatoms. The van der Waals surface area contributed by atoms with E-state index in [4.69, 9.17) is 5.73 Å². The third kappa shape index (κ3) is 7.34. The van der Waals surface area contributed by atoms with Gasteiger partial charge in [-0.3, -0.25) is 9.00 Å². The molecule has 3 N–H and O–H groups in total. The lowest BCUT2D eigenvalue weighted by atomic mass is 9.97. The highest BCUT2D eigenvalue weighted by atomic mass is 35.5. The Balaban J connectivity index is 0. The number of carbonyl (C=O) groups excluding carboxylic acids is 1. The van der Waals surface area contributed by atoms with Crippen molar-refractivity contribution in [2.45, 2.75) is 57.7 Å². The SMILES string of the molecule is CCCC(C)(N)C(=O)NCCS(=O)C(C)(C)C.Cl. The van der Waals surface area contributed by atoms with E-state index in [2.05, 4.69) is 5.32 Å². The van der Waals surface area contributed by atoms with E-state index in [-0.39, 0.29) is 23.1 Å². The topological polar surface area (TPSA) is 72.2 Å². The van der Waals surface area contributed by atoms with Crippen LogP contribution in [0.1, 0.15) is 47.5 Å². The fourth-order valence-corrected chi connectivity index (χ4v) is 2.30. The van der Waals surface area contributed by atoms with Crippen molar-refractivity contribution in [1.29, 1.82) is 0 Å². The Morgan fingerprint density at radius 3 is 2.17 bits per heavy atom. The van der Waals surface area contributed by atoms with Crippen LogP contribution in [0.5, 0.6) is 0 Å². The second-order valence-electron chi connectivity index (χ2n) is 5.59. The minimum atomic E-state index is -0.940. The van der Waals surface area contributed by atoms with Crippen molar-refractivity contribution in [1.82, 2.24) is 5.32 Å². The molecule has 0 saturated heterocycles. The number of hydrogen-bond donors (Lipinski definition) is 2. The van der Waals surface area contributed by atoms with Gasteiger partial charge in [0.15, 0.2) is 0 Å². The minimum absolute atomic E-state index is 0. The van der Waals surface area contributed by atoms with Gasteiger partial charge in [0.1, 0.15) is 0 Å². The molecule has 18 heavy (non-hydrogen) atoms. The Morgan fingerprint density at radius 2 is 1.78 bits per heavy atom. The van der Waals surface area contributed by atoms with E-state index in [1.54, 1.807) is 6.92 Å². The van der Waals surface area contributed by atoms with Gasteiger partial charge in [0.05, 0.1) is 5.54 Å². The predicted octanol–water partition coefficient (Wildman–Crippen LogP) is 1.59. The summed E-state index contributed by atoms with van der Waals surface area (Å²) in [6.45, 7) is 9.91. The third-order valence-electron chi connectivity index (χ3n) is 2.54. The molecule has 0 aliphatic heterocycles. The highest BCUT2D eigenvalue weighted by Gasteiger charge is 2.27. The van der Waals surface area contributed by atoms with Gasteiger partial charge in [0.2, 0.25) is 5.91 Å². The molecule has 0 fully saturated rings. The zero-order valence-corrected chi connectivity index (χ0v) is 13.7. The van der Waals surface area contributed by atoms with Gasteiger partial charge >= 0.3 is 0 Å². The number of nitrogens with two attached hydrogens (primary N) is 1.